The summed E-state index contributed by atoms with van der Waals surface area (Å²) in [6.07, 6.45) is 3.34. The maximum atomic E-state index is 12.0. The largest absolute Gasteiger partial charge is 0.383 e. The van der Waals surface area contributed by atoms with Crippen LogP contribution >= 0.6 is 0 Å². The van der Waals surface area contributed by atoms with Gasteiger partial charge in [-0.1, -0.05) is 13.8 Å². The van der Waals surface area contributed by atoms with E-state index in [1.807, 2.05) is 13.8 Å². The number of hydrogen-bond donors (Lipinski definition) is 2. The van der Waals surface area contributed by atoms with E-state index in [0.29, 0.717) is 12.2 Å². The number of nitrogens with one attached hydrogen (secondary N) is 1. The minimum absolute atomic E-state index is 0.0368. The molecule has 0 radical (unpaired) electrons. The van der Waals surface area contributed by atoms with E-state index < -0.39 is 6.04 Å². The summed E-state index contributed by atoms with van der Waals surface area (Å²) < 4.78 is 6.71. The molecule has 1 amide bonds. The van der Waals surface area contributed by atoms with Gasteiger partial charge in [0.25, 0.3) is 0 Å². The second-order valence-electron chi connectivity index (χ2n) is 4.74. The van der Waals surface area contributed by atoms with E-state index in [4.69, 9.17) is 10.5 Å². The van der Waals surface area contributed by atoms with Gasteiger partial charge < -0.3 is 15.8 Å². The number of aromatic nitrogens is 2. The Labute approximate surface area is 107 Å². The summed E-state index contributed by atoms with van der Waals surface area (Å²) >= 11 is 0. The van der Waals surface area contributed by atoms with Crippen LogP contribution in [0.4, 0.5) is 0 Å². The highest BCUT2D eigenvalue weighted by atomic mass is 16.5. The lowest BCUT2D eigenvalue weighted by molar-refractivity contribution is -0.124. The highest BCUT2D eigenvalue weighted by molar-refractivity contribution is 5.83. The van der Waals surface area contributed by atoms with Gasteiger partial charge in [-0.05, 0) is 5.92 Å². The topological polar surface area (TPSA) is 82.2 Å². The third-order valence-electron chi connectivity index (χ3n) is 2.85. The Balaban J connectivity index is 2.63. The lowest BCUT2D eigenvalue weighted by Gasteiger charge is -2.23. The fraction of sp³-hybridized carbons (Fsp3) is 0.667. The number of hydrogen-bond acceptors (Lipinski definition) is 4. The molecular weight excluding hydrogens is 232 g/mol. The van der Waals surface area contributed by atoms with E-state index in [0.717, 1.165) is 0 Å². The molecule has 18 heavy (non-hydrogen) atoms. The van der Waals surface area contributed by atoms with Gasteiger partial charge in [0.15, 0.2) is 0 Å². The molecule has 0 spiro atoms. The summed E-state index contributed by atoms with van der Waals surface area (Å²) in [5, 5.41) is 6.90. The number of amides is 1. The van der Waals surface area contributed by atoms with Crippen molar-refractivity contribution in [2.75, 3.05) is 13.7 Å². The second-order valence-corrected chi connectivity index (χ2v) is 4.74. The second kappa shape index (κ2) is 6.51. The zero-order valence-electron chi connectivity index (χ0n) is 11.4. The smallest absolute Gasteiger partial charge is 0.241 e. The number of ether oxygens (including phenoxy) is 1. The molecule has 0 fully saturated rings. The predicted molar refractivity (Wildman–Crippen MR) is 68.8 cm³/mol. The van der Waals surface area contributed by atoms with Gasteiger partial charge in [-0.15, -0.1) is 0 Å². The first-order valence-corrected chi connectivity index (χ1v) is 5.99. The number of nitrogens with zero attached hydrogens (tertiary/aromatic N) is 2. The quantitative estimate of drug-likeness (QED) is 0.760. The summed E-state index contributed by atoms with van der Waals surface area (Å²) in [7, 11) is 3.40. The molecule has 1 aromatic heterocycles. The Bertz CT molecular complexity index is 389. The average Bonchev–Trinajstić information content (AvgIpc) is 2.74. The Morgan fingerprint density at radius 1 is 1.61 bits per heavy atom. The van der Waals surface area contributed by atoms with E-state index in [1.165, 1.54) is 0 Å². The van der Waals surface area contributed by atoms with Gasteiger partial charge in [0.05, 0.1) is 18.8 Å². The fourth-order valence-electron chi connectivity index (χ4n) is 1.60. The van der Waals surface area contributed by atoms with Crippen molar-refractivity contribution in [2.24, 2.45) is 18.7 Å². The Hall–Kier alpha value is -1.40. The lowest BCUT2D eigenvalue weighted by Crippen LogP contribution is -2.45. The molecule has 6 nitrogen and oxygen atoms in total. The Kier molecular flexibility index (Phi) is 5.30. The number of rotatable bonds is 6. The van der Waals surface area contributed by atoms with E-state index in [-0.39, 0.29) is 17.9 Å². The van der Waals surface area contributed by atoms with Crippen molar-refractivity contribution in [3.05, 3.63) is 18.0 Å². The van der Waals surface area contributed by atoms with Crippen molar-refractivity contribution in [1.29, 1.82) is 0 Å². The van der Waals surface area contributed by atoms with Crippen LogP contribution in [0.3, 0.4) is 0 Å². The Morgan fingerprint density at radius 2 is 2.28 bits per heavy atom. The van der Waals surface area contributed by atoms with Crippen molar-refractivity contribution in [2.45, 2.75) is 25.9 Å². The van der Waals surface area contributed by atoms with Gasteiger partial charge in [-0.25, -0.2) is 0 Å². The van der Waals surface area contributed by atoms with Crippen molar-refractivity contribution >= 4 is 5.91 Å². The molecule has 0 saturated carbocycles. The first-order chi connectivity index (χ1) is 8.45. The fourth-order valence-corrected chi connectivity index (χ4v) is 1.60. The minimum Gasteiger partial charge on any atom is -0.383 e. The lowest BCUT2D eigenvalue weighted by atomic mass is 10.0. The molecule has 6 heteroatoms. The Morgan fingerprint density at radius 3 is 2.72 bits per heavy atom. The molecule has 1 aromatic rings. The molecule has 0 aliphatic heterocycles. The first-order valence-electron chi connectivity index (χ1n) is 5.99. The molecular formula is C12H22N4O2. The van der Waals surface area contributed by atoms with E-state index in [2.05, 4.69) is 10.4 Å². The summed E-state index contributed by atoms with van der Waals surface area (Å²) in [4.78, 5) is 12.0. The molecule has 2 unspecified atom stereocenters. The van der Waals surface area contributed by atoms with Gasteiger partial charge in [0, 0.05) is 25.9 Å². The molecule has 0 aromatic carbocycles. The molecule has 0 aliphatic rings. The zero-order chi connectivity index (χ0) is 13.7. The third kappa shape index (κ3) is 3.82. The number of carbonyl (C=O) groups is 1. The van der Waals surface area contributed by atoms with Crippen LogP contribution < -0.4 is 11.1 Å². The molecule has 2 atom stereocenters. The van der Waals surface area contributed by atoms with Crippen LogP contribution in [0.15, 0.2) is 12.4 Å². The number of methoxy groups -OCH3 is 1. The van der Waals surface area contributed by atoms with E-state index in [9.17, 15) is 4.79 Å². The van der Waals surface area contributed by atoms with Gasteiger partial charge >= 0.3 is 0 Å². The van der Waals surface area contributed by atoms with Crippen molar-refractivity contribution in [3.8, 4) is 0 Å². The molecule has 0 saturated heterocycles. The maximum absolute atomic E-state index is 12.0. The van der Waals surface area contributed by atoms with Gasteiger partial charge in [0.1, 0.15) is 6.04 Å². The van der Waals surface area contributed by atoms with Crippen molar-refractivity contribution < 1.29 is 9.53 Å². The standard InChI is InChI=1S/C12H22N4O2/c1-8(2)10(7-18-4)15-12(17)11(13)9-5-14-16(3)6-9/h5-6,8,10-11H,7,13H2,1-4H3,(H,15,17). The molecule has 0 bridgehead atoms. The van der Waals surface area contributed by atoms with Crippen LogP contribution in [-0.4, -0.2) is 35.4 Å². The van der Waals surface area contributed by atoms with Crippen LogP contribution in [0.5, 0.6) is 0 Å². The number of carbonyl (C=O) groups excluding carboxylic acids is 1. The molecule has 102 valence electrons. The molecule has 0 aliphatic carbocycles. The molecule has 1 heterocycles. The maximum Gasteiger partial charge on any atom is 0.241 e. The average molecular weight is 254 g/mol. The zero-order valence-corrected chi connectivity index (χ0v) is 11.4. The highest BCUT2D eigenvalue weighted by Gasteiger charge is 2.22. The summed E-state index contributed by atoms with van der Waals surface area (Å²) in [5.41, 5.74) is 6.59. The van der Waals surface area contributed by atoms with Crippen LogP contribution in [0.25, 0.3) is 0 Å². The van der Waals surface area contributed by atoms with Crippen LogP contribution in [-0.2, 0) is 16.6 Å². The normalized spacial score (nSPS) is 14.6. The van der Waals surface area contributed by atoms with Gasteiger partial charge in [-0.2, -0.15) is 5.10 Å². The van der Waals surface area contributed by atoms with Gasteiger partial charge in [0.2, 0.25) is 5.91 Å². The molecule has 1 rings (SSSR count). The van der Waals surface area contributed by atoms with E-state index >= 15 is 0 Å². The monoisotopic (exact) mass is 254 g/mol. The number of nitrogens with two attached hydrogens (primary N) is 1. The van der Waals surface area contributed by atoms with Crippen LogP contribution in [0, 0.1) is 5.92 Å². The SMILES string of the molecule is COCC(NC(=O)C(N)c1cnn(C)c1)C(C)C. The first kappa shape index (κ1) is 14.7. The van der Waals surface area contributed by atoms with Crippen LogP contribution in [0.2, 0.25) is 0 Å². The van der Waals surface area contributed by atoms with Crippen molar-refractivity contribution in [1.82, 2.24) is 15.1 Å². The summed E-state index contributed by atoms with van der Waals surface area (Å²) in [6, 6.07) is -0.734. The summed E-state index contributed by atoms with van der Waals surface area (Å²) in [6.45, 7) is 4.53. The van der Waals surface area contributed by atoms with Gasteiger partial charge in [-0.3, -0.25) is 9.48 Å². The predicted octanol–water partition coefficient (Wildman–Crippen LogP) is 0.207. The highest BCUT2D eigenvalue weighted by Crippen LogP contribution is 2.10. The van der Waals surface area contributed by atoms with Crippen LogP contribution in [0.1, 0.15) is 25.5 Å². The van der Waals surface area contributed by atoms with Crippen molar-refractivity contribution in [3.63, 3.8) is 0 Å². The third-order valence-corrected chi connectivity index (χ3v) is 2.85. The minimum atomic E-state index is -0.697. The summed E-state index contributed by atoms with van der Waals surface area (Å²) in [5.74, 6) is 0.0775. The van der Waals surface area contributed by atoms with E-state index in [1.54, 1.807) is 31.2 Å². The number of aryl methyl sites for hydroxylation is 1. The molecule has 3 N–H and O–H groups in total.